The molecule has 13 heteroatoms. The van der Waals surface area contributed by atoms with Crippen LogP contribution in [0.25, 0.3) is 5.52 Å². The topological polar surface area (TPSA) is 124 Å². The number of halogens is 1. The van der Waals surface area contributed by atoms with Crippen molar-refractivity contribution >= 4 is 52.1 Å². The van der Waals surface area contributed by atoms with Crippen LogP contribution >= 0.6 is 23.4 Å². The number of rotatable bonds is 4. The Kier molecular flexibility index (Phi) is 7.75. The maximum absolute atomic E-state index is 12.9. The Morgan fingerprint density at radius 2 is 2.05 bits per heavy atom. The SMILES string of the molecule is C[C@@H]1OCC2(CCN(C3=NC(N)=C(Sc4ccn5nccc5c4Cl)C(=C=O)N3C)CC2)[C@@H]1N[S+]([O-])C(C)(C)C. The number of fused-ring (bicyclic) bond motifs is 1. The summed E-state index contributed by atoms with van der Waals surface area (Å²) in [4.78, 5) is 22.0. The van der Waals surface area contributed by atoms with E-state index in [1.807, 2.05) is 46.0 Å². The molecule has 2 saturated heterocycles. The van der Waals surface area contributed by atoms with Gasteiger partial charge in [-0.2, -0.15) is 10.1 Å². The molecule has 39 heavy (non-hydrogen) atoms. The third kappa shape index (κ3) is 5.19. The third-order valence-electron chi connectivity index (χ3n) is 7.69. The molecule has 5 rings (SSSR count). The molecule has 3 aliphatic rings. The second-order valence-corrected chi connectivity index (χ2v) is 14.7. The number of thioether (sulfide) groups is 1. The van der Waals surface area contributed by atoms with Crippen LogP contribution in [0.2, 0.25) is 5.02 Å². The minimum Gasteiger partial charge on any atom is -0.598 e. The predicted octanol–water partition coefficient (Wildman–Crippen LogP) is 3.15. The Hall–Kier alpha value is -2.18. The predicted molar refractivity (Wildman–Crippen MR) is 155 cm³/mol. The zero-order chi connectivity index (χ0) is 28.1. The number of hydrogen-bond donors (Lipinski definition) is 2. The lowest BCUT2D eigenvalue weighted by Crippen LogP contribution is -2.58. The molecule has 2 fully saturated rings. The van der Waals surface area contributed by atoms with Gasteiger partial charge in [0.05, 0.1) is 40.4 Å². The molecule has 1 spiro atoms. The Bertz CT molecular complexity index is 1370. The van der Waals surface area contributed by atoms with E-state index in [1.54, 1.807) is 22.7 Å². The first-order valence-corrected chi connectivity index (χ1v) is 15.2. The summed E-state index contributed by atoms with van der Waals surface area (Å²) >= 11 is 6.71. The molecule has 0 saturated carbocycles. The van der Waals surface area contributed by atoms with Crippen molar-refractivity contribution < 1.29 is 14.1 Å². The van der Waals surface area contributed by atoms with Crippen LogP contribution in [0.3, 0.4) is 0 Å². The summed E-state index contributed by atoms with van der Waals surface area (Å²) in [6.07, 6.45) is 5.11. The van der Waals surface area contributed by atoms with Gasteiger partial charge in [0.15, 0.2) is 5.94 Å². The van der Waals surface area contributed by atoms with Crippen molar-refractivity contribution in [3.8, 4) is 0 Å². The zero-order valence-electron chi connectivity index (χ0n) is 22.7. The normalized spacial score (nSPS) is 24.5. The number of pyridine rings is 1. The number of nitrogens with zero attached hydrogens (tertiary/aromatic N) is 5. The first kappa shape index (κ1) is 28.4. The number of likely N-dealkylation sites (N-methyl/N-ethyl adjacent to an activating group) is 1. The van der Waals surface area contributed by atoms with Gasteiger partial charge in [0.2, 0.25) is 5.96 Å². The van der Waals surface area contributed by atoms with E-state index in [0.717, 1.165) is 23.3 Å². The number of aliphatic imine (C=N–C) groups is 1. The van der Waals surface area contributed by atoms with Crippen molar-refractivity contribution in [3.63, 3.8) is 0 Å². The van der Waals surface area contributed by atoms with Crippen LogP contribution in [0.1, 0.15) is 40.5 Å². The molecule has 3 atom stereocenters. The fourth-order valence-electron chi connectivity index (χ4n) is 5.34. The molecule has 1 unspecified atom stereocenters. The minimum absolute atomic E-state index is 0.0120. The molecule has 0 aromatic carbocycles. The standard InChI is InChI=1S/C26H34ClN7O3S2/c1-16-22(31-39(36)25(2,3)4)26(15-37-16)8-12-33(13-9-26)24-30-23(28)21(18(14-35)32(24)5)38-19-7-11-34-17(20(19)27)6-10-29-34/h6-7,10-11,16,22,31H,8-9,12-13,15,28H2,1-5H3/t16-,22+,39?/m0/s1. The van der Waals surface area contributed by atoms with Crippen molar-refractivity contribution in [3.05, 3.63) is 46.0 Å². The fraction of sp³-hybridized carbons (Fsp3) is 0.538. The smallest absolute Gasteiger partial charge is 0.208 e. The summed E-state index contributed by atoms with van der Waals surface area (Å²) in [6.45, 7) is 9.96. The van der Waals surface area contributed by atoms with Crippen LogP contribution in [-0.4, -0.2) is 79.5 Å². The molecule has 0 aliphatic carbocycles. The van der Waals surface area contributed by atoms with Gasteiger partial charge in [0.1, 0.15) is 16.3 Å². The molecule has 2 aromatic heterocycles. The number of hydrogen-bond acceptors (Lipinski definition) is 10. The number of aromatic nitrogens is 2. The highest BCUT2D eigenvalue weighted by Crippen LogP contribution is 2.44. The van der Waals surface area contributed by atoms with Gasteiger partial charge in [0, 0.05) is 48.0 Å². The van der Waals surface area contributed by atoms with E-state index >= 15 is 0 Å². The minimum atomic E-state index is -1.19. The molecule has 0 bridgehead atoms. The lowest BCUT2D eigenvalue weighted by atomic mass is 9.73. The number of carbonyl (C=O) groups excluding carboxylic acids is 1. The third-order valence-corrected chi connectivity index (χ3v) is 10.9. The van der Waals surface area contributed by atoms with Gasteiger partial charge in [-0.1, -0.05) is 23.4 Å². The molecule has 2 aromatic rings. The average Bonchev–Trinajstić information content (AvgIpc) is 3.49. The summed E-state index contributed by atoms with van der Waals surface area (Å²) in [5.74, 6) is 2.93. The lowest BCUT2D eigenvalue weighted by molar-refractivity contribution is 0.0820. The van der Waals surface area contributed by atoms with Gasteiger partial charge in [-0.05, 0) is 52.7 Å². The number of piperidine rings is 1. The monoisotopic (exact) mass is 591 g/mol. The van der Waals surface area contributed by atoms with Crippen LogP contribution < -0.4 is 10.5 Å². The van der Waals surface area contributed by atoms with Crippen molar-refractivity contribution in [2.24, 2.45) is 16.1 Å². The zero-order valence-corrected chi connectivity index (χ0v) is 25.1. The largest absolute Gasteiger partial charge is 0.598 e. The van der Waals surface area contributed by atoms with Crippen molar-refractivity contribution in [1.82, 2.24) is 24.1 Å². The molecule has 0 radical (unpaired) electrons. The summed E-state index contributed by atoms with van der Waals surface area (Å²) in [5.41, 5.74) is 7.39. The van der Waals surface area contributed by atoms with Crippen molar-refractivity contribution in [2.75, 3.05) is 26.7 Å². The van der Waals surface area contributed by atoms with E-state index < -0.39 is 11.4 Å². The second-order valence-electron chi connectivity index (χ2n) is 11.2. The van der Waals surface area contributed by atoms with E-state index in [1.165, 1.54) is 11.8 Å². The molecular formula is C26H34ClN7O3S2. The van der Waals surface area contributed by atoms with Crippen LogP contribution in [-0.2, 0) is 20.9 Å². The van der Waals surface area contributed by atoms with E-state index in [4.69, 9.17) is 27.1 Å². The van der Waals surface area contributed by atoms with Crippen molar-refractivity contribution in [1.29, 1.82) is 0 Å². The Morgan fingerprint density at radius 1 is 1.33 bits per heavy atom. The van der Waals surface area contributed by atoms with Crippen LogP contribution in [0.5, 0.6) is 0 Å². The molecule has 10 nitrogen and oxygen atoms in total. The van der Waals surface area contributed by atoms with E-state index in [0.29, 0.717) is 41.3 Å². The summed E-state index contributed by atoms with van der Waals surface area (Å²) in [7, 11) is 1.80. The molecule has 3 N–H and O–H groups in total. The maximum Gasteiger partial charge on any atom is 0.208 e. The quantitative estimate of drug-likeness (QED) is 0.407. The van der Waals surface area contributed by atoms with Gasteiger partial charge in [-0.25, -0.2) is 9.31 Å². The lowest BCUT2D eigenvalue weighted by Gasteiger charge is -2.45. The number of ether oxygens (including phenoxy) is 1. The number of guanidine groups is 1. The van der Waals surface area contributed by atoms with Gasteiger partial charge < -0.3 is 24.8 Å². The first-order chi connectivity index (χ1) is 18.4. The maximum atomic E-state index is 12.9. The fourth-order valence-corrected chi connectivity index (χ4v) is 7.66. The summed E-state index contributed by atoms with van der Waals surface area (Å²) < 4.78 is 23.7. The Labute approximate surface area is 241 Å². The van der Waals surface area contributed by atoms with Crippen LogP contribution in [0, 0.1) is 5.41 Å². The number of likely N-dealkylation sites (tertiary alicyclic amines) is 1. The van der Waals surface area contributed by atoms with E-state index in [-0.39, 0.29) is 28.1 Å². The molecule has 210 valence electrons. The van der Waals surface area contributed by atoms with Crippen molar-refractivity contribution in [2.45, 2.75) is 62.3 Å². The highest BCUT2D eigenvalue weighted by atomic mass is 35.5. The van der Waals surface area contributed by atoms with E-state index in [2.05, 4.69) is 20.7 Å². The number of nitrogens with one attached hydrogen (secondary N) is 1. The molecule has 3 aliphatic heterocycles. The highest BCUT2D eigenvalue weighted by Gasteiger charge is 2.52. The van der Waals surface area contributed by atoms with Gasteiger partial charge >= 0.3 is 0 Å². The Morgan fingerprint density at radius 3 is 2.72 bits per heavy atom. The van der Waals surface area contributed by atoms with Crippen LogP contribution in [0.15, 0.2) is 50.8 Å². The summed E-state index contributed by atoms with van der Waals surface area (Å²) in [6, 6.07) is 3.65. The van der Waals surface area contributed by atoms with E-state index in [9.17, 15) is 9.35 Å². The van der Waals surface area contributed by atoms with Gasteiger partial charge in [0.25, 0.3) is 0 Å². The first-order valence-electron chi connectivity index (χ1n) is 12.9. The van der Waals surface area contributed by atoms with Gasteiger partial charge in [-0.3, -0.25) is 0 Å². The summed E-state index contributed by atoms with van der Waals surface area (Å²) in [5, 5.41) is 4.72. The second kappa shape index (κ2) is 10.7. The molecule has 0 amide bonds. The Balaban J connectivity index is 1.36. The molecule has 5 heterocycles. The average molecular weight is 592 g/mol. The van der Waals surface area contributed by atoms with Crippen LogP contribution in [0.4, 0.5) is 0 Å². The highest BCUT2D eigenvalue weighted by molar-refractivity contribution is 8.03. The molecular weight excluding hydrogens is 558 g/mol. The number of nitrogens with two attached hydrogens (primary N) is 1. The van der Waals surface area contributed by atoms with Gasteiger partial charge in [-0.15, -0.1) is 4.72 Å².